The van der Waals surface area contributed by atoms with Gasteiger partial charge in [-0.25, -0.2) is 9.07 Å². The van der Waals surface area contributed by atoms with Crippen LogP contribution in [-0.2, 0) is 0 Å². The van der Waals surface area contributed by atoms with Crippen molar-refractivity contribution in [2.75, 3.05) is 13.2 Å². The molecule has 6 heteroatoms. The van der Waals surface area contributed by atoms with Crippen molar-refractivity contribution in [2.45, 2.75) is 25.8 Å². The lowest BCUT2D eigenvalue weighted by molar-refractivity contribution is 0.0671. The molecule has 22 heavy (non-hydrogen) atoms. The number of nitrogens with zero attached hydrogens (tertiary/aromatic N) is 3. The van der Waals surface area contributed by atoms with Gasteiger partial charge in [0.15, 0.2) is 5.69 Å². The number of rotatable bonds is 3. The summed E-state index contributed by atoms with van der Waals surface area (Å²) in [6.45, 7) is 2.42. The maximum absolute atomic E-state index is 13.2. The zero-order valence-electron chi connectivity index (χ0n) is 12.4. The first-order valence-corrected chi connectivity index (χ1v) is 7.34. The summed E-state index contributed by atoms with van der Waals surface area (Å²) in [7, 11) is 0. The third kappa shape index (κ3) is 2.62. The first kappa shape index (κ1) is 14.7. The largest absolute Gasteiger partial charge is 0.394 e. The van der Waals surface area contributed by atoms with E-state index in [9.17, 15) is 14.3 Å². The molecule has 0 aliphatic carbocycles. The molecule has 2 heterocycles. The Hall–Kier alpha value is -2.21. The number of aryl methyl sites for hydroxylation is 1. The molecule has 0 radical (unpaired) electrons. The number of halogens is 1. The van der Waals surface area contributed by atoms with Crippen LogP contribution in [0.5, 0.6) is 0 Å². The van der Waals surface area contributed by atoms with E-state index in [1.54, 1.807) is 34.8 Å². The predicted octanol–water partition coefficient (Wildman–Crippen LogP) is 1.92. The fraction of sp³-hybridized carbons (Fsp3) is 0.375. The van der Waals surface area contributed by atoms with Gasteiger partial charge in [-0.2, -0.15) is 5.10 Å². The molecule has 0 saturated carbocycles. The van der Waals surface area contributed by atoms with Gasteiger partial charge in [0.05, 0.1) is 18.3 Å². The van der Waals surface area contributed by atoms with Crippen molar-refractivity contribution < 1.29 is 14.3 Å². The van der Waals surface area contributed by atoms with Crippen LogP contribution in [0, 0.1) is 12.7 Å². The summed E-state index contributed by atoms with van der Waals surface area (Å²) in [5.74, 6) is -0.470. The molecule has 0 bridgehead atoms. The highest BCUT2D eigenvalue weighted by molar-refractivity contribution is 5.92. The molecule has 1 fully saturated rings. The Morgan fingerprint density at radius 1 is 1.45 bits per heavy atom. The minimum atomic E-state index is -0.299. The summed E-state index contributed by atoms with van der Waals surface area (Å²) >= 11 is 0. The van der Waals surface area contributed by atoms with Gasteiger partial charge in [-0.3, -0.25) is 4.79 Å². The second kappa shape index (κ2) is 5.88. The lowest BCUT2D eigenvalue weighted by Crippen LogP contribution is -2.37. The fourth-order valence-electron chi connectivity index (χ4n) is 2.89. The number of aliphatic hydroxyl groups excluding tert-OH is 1. The zero-order valence-corrected chi connectivity index (χ0v) is 12.4. The Balaban J connectivity index is 1.86. The number of likely N-dealkylation sites (tertiary alicyclic amines) is 1. The molecule has 1 atom stereocenters. The number of carbonyl (C=O) groups excluding carboxylic acids is 1. The summed E-state index contributed by atoms with van der Waals surface area (Å²) < 4.78 is 14.7. The maximum Gasteiger partial charge on any atom is 0.274 e. The Morgan fingerprint density at radius 2 is 2.27 bits per heavy atom. The highest BCUT2D eigenvalue weighted by Gasteiger charge is 2.30. The molecule has 5 nitrogen and oxygen atoms in total. The molecule has 1 aliphatic rings. The van der Waals surface area contributed by atoms with Gasteiger partial charge in [0, 0.05) is 12.7 Å². The molecule has 1 aromatic heterocycles. The number of aromatic nitrogens is 2. The zero-order chi connectivity index (χ0) is 15.7. The number of aliphatic hydroxyl groups is 1. The maximum atomic E-state index is 13.2. The van der Waals surface area contributed by atoms with E-state index in [4.69, 9.17) is 0 Å². The number of carbonyl (C=O) groups is 1. The molecular weight excluding hydrogens is 285 g/mol. The SMILES string of the molecule is Cc1cc(F)ccc1-n1ccc(C(=O)N2CCC[C@H]2CO)n1. The summed E-state index contributed by atoms with van der Waals surface area (Å²) in [5, 5.41) is 13.6. The van der Waals surface area contributed by atoms with Crippen LogP contribution >= 0.6 is 0 Å². The van der Waals surface area contributed by atoms with E-state index in [-0.39, 0.29) is 24.4 Å². The van der Waals surface area contributed by atoms with Crippen molar-refractivity contribution in [3.05, 3.63) is 47.5 Å². The summed E-state index contributed by atoms with van der Waals surface area (Å²) in [6, 6.07) is 5.97. The van der Waals surface area contributed by atoms with Gasteiger partial charge < -0.3 is 10.0 Å². The normalized spacial score (nSPS) is 18.0. The van der Waals surface area contributed by atoms with Crippen molar-refractivity contribution in [1.29, 1.82) is 0 Å². The monoisotopic (exact) mass is 303 g/mol. The van der Waals surface area contributed by atoms with Crippen LogP contribution in [-0.4, -0.2) is 44.9 Å². The minimum absolute atomic E-state index is 0.0243. The van der Waals surface area contributed by atoms with Crippen LogP contribution in [0.25, 0.3) is 5.69 Å². The standard InChI is InChI=1S/C16H18FN3O2/c1-11-9-12(17)4-5-15(11)20-8-6-14(18-20)16(22)19-7-2-3-13(19)10-21/h4-6,8-9,13,21H,2-3,7,10H2,1H3/t13-/m0/s1. The van der Waals surface area contributed by atoms with Gasteiger partial charge in [0.25, 0.3) is 5.91 Å². The van der Waals surface area contributed by atoms with Crippen LogP contribution in [0.2, 0.25) is 0 Å². The quantitative estimate of drug-likeness (QED) is 0.942. The lowest BCUT2D eigenvalue weighted by atomic mass is 10.2. The molecule has 1 N–H and O–H groups in total. The Bertz CT molecular complexity index is 698. The highest BCUT2D eigenvalue weighted by atomic mass is 19.1. The van der Waals surface area contributed by atoms with Crippen LogP contribution in [0.4, 0.5) is 4.39 Å². The predicted molar refractivity (Wildman–Crippen MR) is 79.4 cm³/mol. The van der Waals surface area contributed by atoms with Crippen LogP contribution in [0.1, 0.15) is 28.9 Å². The van der Waals surface area contributed by atoms with E-state index in [1.165, 1.54) is 12.1 Å². The molecule has 1 aliphatic heterocycles. The topological polar surface area (TPSA) is 58.4 Å². The van der Waals surface area contributed by atoms with Gasteiger partial charge in [0.2, 0.25) is 0 Å². The number of benzene rings is 1. The average Bonchev–Trinajstić information content (AvgIpc) is 3.15. The van der Waals surface area contributed by atoms with Crippen molar-refractivity contribution in [2.24, 2.45) is 0 Å². The Labute approximate surface area is 128 Å². The van der Waals surface area contributed by atoms with E-state index in [0.29, 0.717) is 12.2 Å². The molecule has 0 unspecified atom stereocenters. The highest BCUT2D eigenvalue weighted by Crippen LogP contribution is 2.20. The lowest BCUT2D eigenvalue weighted by Gasteiger charge is -2.21. The smallest absolute Gasteiger partial charge is 0.274 e. The van der Waals surface area contributed by atoms with Gasteiger partial charge >= 0.3 is 0 Å². The van der Waals surface area contributed by atoms with E-state index in [0.717, 1.165) is 24.1 Å². The number of hydrogen-bond acceptors (Lipinski definition) is 3. The minimum Gasteiger partial charge on any atom is -0.394 e. The molecule has 1 saturated heterocycles. The van der Waals surface area contributed by atoms with Crippen LogP contribution in [0.3, 0.4) is 0 Å². The summed E-state index contributed by atoms with van der Waals surface area (Å²) in [6.07, 6.45) is 3.41. The van der Waals surface area contributed by atoms with Crippen molar-refractivity contribution >= 4 is 5.91 Å². The van der Waals surface area contributed by atoms with Crippen LogP contribution < -0.4 is 0 Å². The number of hydrogen-bond donors (Lipinski definition) is 1. The van der Waals surface area contributed by atoms with E-state index in [2.05, 4.69) is 5.10 Å². The van der Waals surface area contributed by atoms with E-state index in [1.807, 2.05) is 0 Å². The molecule has 116 valence electrons. The second-order valence-corrected chi connectivity index (χ2v) is 5.55. The molecule has 1 amide bonds. The van der Waals surface area contributed by atoms with Gasteiger partial charge in [-0.05, 0) is 49.6 Å². The molecule has 0 spiro atoms. The molecule has 1 aromatic carbocycles. The average molecular weight is 303 g/mol. The first-order chi connectivity index (χ1) is 10.6. The first-order valence-electron chi connectivity index (χ1n) is 7.34. The van der Waals surface area contributed by atoms with Gasteiger partial charge in [-0.1, -0.05) is 0 Å². The van der Waals surface area contributed by atoms with Crippen molar-refractivity contribution in [3.63, 3.8) is 0 Å². The molecular formula is C16H18FN3O2. The Kier molecular flexibility index (Phi) is 3.94. The molecule has 3 rings (SSSR count). The third-order valence-electron chi connectivity index (χ3n) is 4.06. The van der Waals surface area contributed by atoms with E-state index >= 15 is 0 Å². The van der Waals surface area contributed by atoms with Crippen molar-refractivity contribution in [3.8, 4) is 5.69 Å². The van der Waals surface area contributed by atoms with Crippen LogP contribution in [0.15, 0.2) is 30.5 Å². The fourth-order valence-corrected chi connectivity index (χ4v) is 2.89. The number of amides is 1. The second-order valence-electron chi connectivity index (χ2n) is 5.55. The summed E-state index contributed by atoms with van der Waals surface area (Å²) in [4.78, 5) is 14.1. The Morgan fingerprint density at radius 3 is 3.00 bits per heavy atom. The van der Waals surface area contributed by atoms with Gasteiger partial charge in [0.1, 0.15) is 5.82 Å². The van der Waals surface area contributed by atoms with Crippen molar-refractivity contribution in [1.82, 2.24) is 14.7 Å². The van der Waals surface area contributed by atoms with Gasteiger partial charge in [-0.15, -0.1) is 0 Å². The third-order valence-corrected chi connectivity index (χ3v) is 4.06. The molecule has 2 aromatic rings. The van der Waals surface area contributed by atoms with E-state index < -0.39 is 0 Å². The summed E-state index contributed by atoms with van der Waals surface area (Å²) in [5.41, 5.74) is 1.82.